The van der Waals surface area contributed by atoms with Crippen molar-refractivity contribution in [2.75, 3.05) is 26.4 Å². The van der Waals surface area contributed by atoms with Gasteiger partial charge in [0.25, 0.3) is 0 Å². The molecule has 0 saturated heterocycles. The maximum Gasteiger partial charge on any atom is 0.0700 e. The summed E-state index contributed by atoms with van der Waals surface area (Å²) in [5, 5.41) is 0. The Hall–Kier alpha value is -0.0800. The fourth-order valence-electron chi connectivity index (χ4n) is 3.53. The Labute approximate surface area is 172 Å². The van der Waals surface area contributed by atoms with E-state index in [1.165, 1.54) is 122 Å². The highest BCUT2D eigenvalue weighted by atomic mass is 16.5. The Kier molecular flexibility index (Phi) is 25.8. The van der Waals surface area contributed by atoms with Crippen LogP contribution in [0.5, 0.6) is 0 Å². The van der Waals surface area contributed by atoms with E-state index in [9.17, 15) is 0 Å². The lowest BCUT2D eigenvalue weighted by Crippen LogP contribution is -2.06. The lowest BCUT2D eigenvalue weighted by molar-refractivity contribution is 0.0448. The summed E-state index contributed by atoms with van der Waals surface area (Å²) in [6, 6.07) is 0. The Morgan fingerprint density at radius 2 is 0.556 bits per heavy atom. The molecule has 0 spiro atoms. The largest absolute Gasteiger partial charge is 0.379 e. The molecule has 0 aromatic rings. The summed E-state index contributed by atoms with van der Waals surface area (Å²) < 4.78 is 11.3. The van der Waals surface area contributed by atoms with Gasteiger partial charge in [0, 0.05) is 13.2 Å². The molecule has 0 bridgehead atoms. The molecule has 0 heterocycles. The Morgan fingerprint density at radius 3 is 0.852 bits per heavy atom. The molecule has 0 fully saturated rings. The molecule has 0 unspecified atom stereocenters. The molecule has 2 heteroatoms. The molecule has 0 aromatic heterocycles. The van der Waals surface area contributed by atoms with E-state index in [0.717, 1.165) is 26.4 Å². The Morgan fingerprint density at radius 1 is 0.296 bits per heavy atom. The fraction of sp³-hybridized carbons (Fsp3) is 1.00. The SMILES string of the molecule is CCCCCCCCCCCCOCCOCCCCCCCCCCC. The fourth-order valence-corrected chi connectivity index (χ4v) is 3.53. The topological polar surface area (TPSA) is 18.5 Å². The van der Waals surface area contributed by atoms with Gasteiger partial charge in [0.2, 0.25) is 0 Å². The van der Waals surface area contributed by atoms with Crippen molar-refractivity contribution in [2.45, 2.75) is 136 Å². The van der Waals surface area contributed by atoms with Crippen LogP contribution in [-0.4, -0.2) is 26.4 Å². The molecule has 164 valence electrons. The summed E-state index contributed by atoms with van der Waals surface area (Å²) in [5.41, 5.74) is 0. The summed E-state index contributed by atoms with van der Waals surface area (Å²) >= 11 is 0. The molecule has 0 N–H and O–H groups in total. The number of unbranched alkanes of at least 4 members (excludes halogenated alkanes) is 17. The van der Waals surface area contributed by atoms with E-state index in [1.807, 2.05) is 0 Å². The second-order valence-electron chi connectivity index (χ2n) is 8.24. The van der Waals surface area contributed by atoms with Crippen LogP contribution in [-0.2, 0) is 9.47 Å². The van der Waals surface area contributed by atoms with Crippen LogP contribution in [0.1, 0.15) is 136 Å². The minimum atomic E-state index is 0.773. The predicted octanol–water partition coefficient (Wildman–Crippen LogP) is 8.47. The van der Waals surface area contributed by atoms with Crippen LogP contribution in [0.4, 0.5) is 0 Å². The third-order valence-corrected chi connectivity index (χ3v) is 5.41. The quantitative estimate of drug-likeness (QED) is 0.155. The molecule has 0 radical (unpaired) electrons. The van der Waals surface area contributed by atoms with Crippen LogP contribution in [0.2, 0.25) is 0 Å². The van der Waals surface area contributed by atoms with Crippen LogP contribution < -0.4 is 0 Å². The predicted molar refractivity (Wildman–Crippen MR) is 121 cm³/mol. The number of hydrogen-bond acceptors (Lipinski definition) is 2. The van der Waals surface area contributed by atoms with Crippen molar-refractivity contribution in [2.24, 2.45) is 0 Å². The second-order valence-corrected chi connectivity index (χ2v) is 8.24. The Balaban J connectivity index is 2.95. The molecule has 0 aliphatic heterocycles. The summed E-state index contributed by atoms with van der Waals surface area (Å²) in [7, 11) is 0. The van der Waals surface area contributed by atoms with Gasteiger partial charge in [0.05, 0.1) is 13.2 Å². The highest BCUT2D eigenvalue weighted by molar-refractivity contribution is 4.48. The first kappa shape index (κ1) is 26.9. The molecule has 0 amide bonds. The summed E-state index contributed by atoms with van der Waals surface area (Å²) in [5.74, 6) is 0. The van der Waals surface area contributed by atoms with E-state index in [0.29, 0.717) is 0 Å². The maximum absolute atomic E-state index is 5.67. The minimum Gasteiger partial charge on any atom is -0.379 e. The van der Waals surface area contributed by atoms with Gasteiger partial charge < -0.3 is 9.47 Å². The van der Waals surface area contributed by atoms with Crippen molar-refractivity contribution in [1.82, 2.24) is 0 Å². The van der Waals surface area contributed by atoms with Crippen molar-refractivity contribution < 1.29 is 9.47 Å². The average molecular weight is 385 g/mol. The zero-order valence-corrected chi connectivity index (χ0v) is 19.1. The minimum absolute atomic E-state index is 0.773. The van der Waals surface area contributed by atoms with E-state index in [4.69, 9.17) is 9.47 Å². The van der Waals surface area contributed by atoms with Crippen molar-refractivity contribution >= 4 is 0 Å². The van der Waals surface area contributed by atoms with E-state index >= 15 is 0 Å². The van der Waals surface area contributed by atoms with Gasteiger partial charge in [-0.2, -0.15) is 0 Å². The van der Waals surface area contributed by atoms with Crippen LogP contribution in [0.25, 0.3) is 0 Å². The first-order valence-corrected chi connectivity index (χ1v) is 12.6. The van der Waals surface area contributed by atoms with Crippen molar-refractivity contribution in [3.05, 3.63) is 0 Å². The smallest absolute Gasteiger partial charge is 0.0700 e. The van der Waals surface area contributed by atoms with Gasteiger partial charge in [0.15, 0.2) is 0 Å². The lowest BCUT2D eigenvalue weighted by atomic mass is 10.1. The second kappa shape index (κ2) is 25.9. The summed E-state index contributed by atoms with van der Waals surface area (Å²) in [4.78, 5) is 0. The van der Waals surface area contributed by atoms with Gasteiger partial charge in [-0.05, 0) is 12.8 Å². The molecule has 27 heavy (non-hydrogen) atoms. The first-order valence-electron chi connectivity index (χ1n) is 12.6. The van der Waals surface area contributed by atoms with E-state index < -0.39 is 0 Å². The van der Waals surface area contributed by atoms with Gasteiger partial charge in [-0.1, -0.05) is 123 Å². The summed E-state index contributed by atoms with van der Waals surface area (Å²) in [6.45, 7) is 7.94. The van der Waals surface area contributed by atoms with Gasteiger partial charge in [0.1, 0.15) is 0 Å². The Bertz CT molecular complexity index is 218. The van der Waals surface area contributed by atoms with Gasteiger partial charge in [-0.15, -0.1) is 0 Å². The van der Waals surface area contributed by atoms with Crippen molar-refractivity contribution in [1.29, 1.82) is 0 Å². The molecule has 0 atom stereocenters. The van der Waals surface area contributed by atoms with E-state index in [1.54, 1.807) is 0 Å². The van der Waals surface area contributed by atoms with Crippen molar-refractivity contribution in [3.63, 3.8) is 0 Å². The van der Waals surface area contributed by atoms with Crippen LogP contribution in [0, 0.1) is 0 Å². The number of rotatable bonds is 24. The van der Waals surface area contributed by atoms with Crippen LogP contribution in [0.3, 0.4) is 0 Å². The number of ether oxygens (including phenoxy) is 2. The maximum atomic E-state index is 5.67. The molecule has 0 rings (SSSR count). The molecule has 0 saturated carbocycles. The van der Waals surface area contributed by atoms with Gasteiger partial charge >= 0.3 is 0 Å². The number of hydrogen-bond donors (Lipinski definition) is 0. The van der Waals surface area contributed by atoms with E-state index in [-0.39, 0.29) is 0 Å². The first-order chi connectivity index (χ1) is 13.4. The highest BCUT2D eigenvalue weighted by Gasteiger charge is 1.95. The lowest BCUT2D eigenvalue weighted by Gasteiger charge is -2.06. The third-order valence-electron chi connectivity index (χ3n) is 5.41. The van der Waals surface area contributed by atoms with Gasteiger partial charge in [-0.25, -0.2) is 0 Å². The van der Waals surface area contributed by atoms with Gasteiger partial charge in [-0.3, -0.25) is 0 Å². The normalized spacial score (nSPS) is 11.3. The zero-order valence-electron chi connectivity index (χ0n) is 19.1. The molecule has 2 nitrogen and oxygen atoms in total. The molecule has 0 aromatic carbocycles. The highest BCUT2D eigenvalue weighted by Crippen LogP contribution is 2.11. The molecule has 0 aliphatic rings. The molecular formula is C25H52O2. The van der Waals surface area contributed by atoms with Crippen molar-refractivity contribution in [3.8, 4) is 0 Å². The van der Waals surface area contributed by atoms with Crippen LogP contribution in [0.15, 0.2) is 0 Å². The molecular weight excluding hydrogens is 332 g/mol. The summed E-state index contributed by atoms with van der Waals surface area (Å²) in [6.07, 6.45) is 26.2. The standard InChI is InChI=1S/C25H52O2/c1-3-5-7-9-11-13-15-17-19-21-23-27-25-24-26-22-20-18-16-14-12-10-8-6-4-2/h3-25H2,1-2H3. The average Bonchev–Trinajstić information content (AvgIpc) is 2.68. The van der Waals surface area contributed by atoms with E-state index in [2.05, 4.69) is 13.8 Å². The molecule has 0 aliphatic carbocycles. The monoisotopic (exact) mass is 384 g/mol. The zero-order chi connectivity index (χ0) is 19.7. The third kappa shape index (κ3) is 25.9. The van der Waals surface area contributed by atoms with Crippen LogP contribution >= 0.6 is 0 Å².